The molecule has 2 aliphatic heterocycles. The Labute approximate surface area is 118 Å². The molecular formula is C15H19NO4. The van der Waals surface area contributed by atoms with Crippen molar-refractivity contribution in [1.82, 2.24) is 4.90 Å². The van der Waals surface area contributed by atoms with Crippen LogP contribution in [0.3, 0.4) is 0 Å². The van der Waals surface area contributed by atoms with Crippen LogP contribution < -0.4 is 4.74 Å². The monoisotopic (exact) mass is 277 g/mol. The van der Waals surface area contributed by atoms with Crippen molar-refractivity contribution in [2.45, 2.75) is 12.5 Å². The highest BCUT2D eigenvalue weighted by molar-refractivity contribution is 5.98. The van der Waals surface area contributed by atoms with E-state index >= 15 is 0 Å². The second-order valence-corrected chi connectivity index (χ2v) is 5.25. The maximum absolute atomic E-state index is 12.3. The van der Waals surface area contributed by atoms with Crippen LogP contribution in [-0.2, 0) is 11.2 Å². The number of ether oxygens (including phenoxy) is 2. The second kappa shape index (κ2) is 5.91. The average molecular weight is 277 g/mol. The first-order chi connectivity index (χ1) is 9.76. The van der Waals surface area contributed by atoms with Crippen LogP contribution in [0.2, 0.25) is 0 Å². The maximum Gasteiger partial charge on any atom is 0.176 e. The minimum atomic E-state index is -0.176. The largest absolute Gasteiger partial charge is 0.493 e. The molecule has 1 aromatic carbocycles. The summed E-state index contributed by atoms with van der Waals surface area (Å²) in [5.41, 5.74) is 1.85. The molecule has 0 aliphatic carbocycles. The quantitative estimate of drug-likeness (QED) is 0.812. The van der Waals surface area contributed by atoms with Crippen LogP contribution in [0.1, 0.15) is 15.9 Å². The lowest BCUT2D eigenvalue weighted by atomic mass is 10.0. The summed E-state index contributed by atoms with van der Waals surface area (Å²) in [4.78, 5) is 14.4. The number of morpholine rings is 1. The summed E-state index contributed by atoms with van der Waals surface area (Å²) >= 11 is 0. The molecule has 3 rings (SSSR count). The van der Waals surface area contributed by atoms with Gasteiger partial charge in [-0.05, 0) is 23.8 Å². The Morgan fingerprint density at radius 2 is 2.30 bits per heavy atom. The first-order valence-corrected chi connectivity index (χ1v) is 7.00. The highest BCUT2D eigenvalue weighted by Gasteiger charge is 2.22. The lowest BCUT2D eigenvalue weighted by molar-refractivity contribution is -0.0503. The maximum atomic E-state index is 12.3. The number of benzene rings is 1. The molecule has 0 aromatic heterocycles. The number of hydrogen-bond donors (Lipinski definition) is 1. The molecule has 5 nitrogen and oxygen atoms in total. The second-order valence-electron chi connectivity index (χ2n) is 5.25. The van der Waals surface area contributed by atoms with Crippen molar-refractivity contribution in [1.29, 1.82) is 0 Å². The number of carbonyl (C=O) groups excluding carboxylic acids is 1. The minimum Gasteiger partial charge on any atom is -0.493 e. The fourth-order valence-electron chi connectivity index (χ4n) is 2.69. The molecular weight excluding hydrogens is 258 g/mol. The lowest BCUT2D eigenvalue weighted by Crippen LogP contribution is -2.45. The zero-order valence-corrected chi connectivity index (χ0v) is 11.4. The average Bonchev–Trinajstić information content (AvgIpc) is 2.94. The molecule has 1 atom stereocenters. The van der Waals surface area contributed by atoms with Gasteiger partial charge in [0.1, 0.15) is 5.75 Å². The van der Waals surface area contributed by atoms with Crippen molar-refractivity contribution in [3.63, 3.8) is 0 Å². The van der Waals surface area contributed by atoms with Gasteiger partial charge in [0.2, 0.25) is 0 Å². The normalized spacial score (nSPS) is 22.4. The number of Topliss-reactive ketones (excluding diaryl/α,β-unsaturated/α-hetero) is 1. The Kier molecular flexibility index (Phi) is 4.00. The van der Waals surface area contributed by atoms with Gasteiger partial charge in [-0.2, -0.15) is 0 Å². The topological polar surface area (TPSA) is 59.0 Å². The van der Waals surface area contributed by atoms with Crippen LogP contribution in [-0.4, -0.2) is 61.3 Å². The minimum absolute atomic E-state index is 0.000868. The molecule has 1 N–H and O–H groups in total. The number of ketones is 1. The van der Waals surface area contributed by atoms with Gasteiger partial charge in [0.05, 0.1) is 32.5 Å². The molecule has 5 heteroatoms. The van der Waals surface area contributed by atoms with E-state index in [9.17, 15) is 4.79 Å². The molecule has 1 fully saturated rings. The number of carbonyl (C=O) groups is 1. The molecule has 0 radical (unpaired) electrons. The Balaban J connectivity index is 1.64. The Morgan fingerprint density at radius 1 is 1.40 bits per heavy atom. The fraction of sp³-hybridized carbons (Fsp3) is 0.533. The number of rotatable bonds is 4. The van der Waals surface area contributed by atoms with Gasteiger partial charge in [-0.25, -0.2) is 0 Å². The van der Waals surface area contributed by atoms with E-state index in [1.54, 1.807) is 0 Å². The standard InChI is InChI=1S/C15H19NO4/c17-10-13-8-16(4-6-19-13)9-14(18)11-1-2-15-12(7-11)3-5-20-15/h1-2,7,13,17H,3-6,8-10H2. The predicted octanol–water partition coefficient (Wildman–Crippen LogP) is 0.497. The van der Waals surface area contributed by atoms with Crippen LogP contribution in [0.25, 0.3) is 0 Å². The van der Waals surface area contributed by atoms with E-state index in [-0.39, 0.29) is 18.5 Å². The molecule has 2 aliphatic rings. The zero-order valence-electron chi connectivity index (χ0n) is 11.4. The molecule has 0 amide bonds. The zero-order chi connectivity index (χ0) is 13.9. The Bertz CT molecular complexity index is 503. The number of fused-ring (bicyclic) bond motifs is 1. The molecule has 108 valence electrons. The number of hydrogen-bond acceptors (Lipinski definition) is 5. The van der Waals surface area contributed by atoms with E-state index in [2.05, 4.69) is 0 Å². The van der Waals surface area contributed by atoms with Crippen molar-refractivity contribution in [3.05, 3.63) is 29.3 Å². The van der Waals surface area contributed by atoms with E-state index in [0.29, 0.717) is 26.3 Å². The smallest absolute Gasteiger partial charge is 0.176 e. The summed E-state index contributed by atoms with van der Waals surface area (Å²) in [6.45, 7) is 2.98. The molecule has 0 saturated carbocycles. The van der Waals surface area contributed by atoms with E-state index in [1.165, 1.54) is 0 Å². The predicted molar refractivity (Wildman–Crippen MR) is 73.2 cm³/mol. The van der Waals surface area contributed by atoms with Gasteiger partial charge in [-0.15, -0.1) is 0 Å². The van der Waals surface area contributed by atoms with Gasteiger partial charge < -0.3 is 14.6 Å². The van der Waals surface area contributed by atoms with Crippen LogP contribution >= 0.6 is 0 Å². The van der Waals surface area contributed by atoms with E-state index in [4.69, 9.17) is 14.6 Å². The molecule has 1 saturated heterocycles. The molecule has 1 aromatic rings. The van der Waals surface area contributed by atoms with Crippen molar-refractivity contribution >= 4 is 5.78 Å². The number of aliphatic hydroxyl groups is 1. The molecule has 1 unspecified atom stereocenters. The van der Waals surface area contributed by atoms with Gasteiger partial charge in [0.15, 0.2) is 5.78 Å². The summed E-state index contributed by atoms with van der Waals surface area (Å²) < 4.78 is 10.8. The first-order valence-electron chi connectivity index (χ1n) is 7.00. The number of aliphatic hydroxyl groups excluding tert-OH is 1. The van der Waals surface area contributed by atoms with E-state index < -0.39 is 0 Å². The highest BCUT2D eigenvalue weighted by Crippen LogP contribution is 2.26. The van der Waals surface area contributed by atoms with Gasteiger partial charge >= 0.3 is 0 Å². The molecule has 2 heterocycles. The van der Waals surface area contributed by atoms with Crippen LogP contribution in [0.5, 0.6) is 5.75 Å². The molecule has 0 spiro atoms. The summed E-state index contributed by atoms with van der Waals surface area (Å²) in [5, 5.41) is 9.12. The van der Waals surface area contributed by atoms with Crippen LogP contribution in [0, 0.1) is 0 Å². The van der Waals surface area contributed by atoms with Gasteiger partial charge in [-0.3, -0.25) is 9.69 Å². The van der Waals surface area contributed by atoms with E-state index in [0.717, 1.165) is 29.8 Å². The number of nitrogens with zero attached hydrogens (tertiary/aromatic N) is 1. The van der Waals surface area contributed by atoms with Crippen LogP contribution in [0.15, 0.2) is 18.2 Å². The molecule has 20 heavy (non-hydrogen) atoms. The van der Waals surface area contributed by atoms with Gasteiger partial charge in [0.25, 0.3) is 0 Å². The van der Waals surface area contributed by atoms with Crippen molar-refractivity contribution in [2.75, 3.05) is 39.5 Å². The highest BCUT2D eigenvalue weighted by atomic mass is 16.5. The third-order valence-corrected chi connectivity index (χ3v) is 3.81. The van der Waals surface area contributed by atoms with Crippen molar-refractivity contribution < 1.29 is 19.4 Å². The Hall–Kier alpha value is -1.43. The third-order valence-electron chi connectivity index (χ3n) is 3.81. The molecule has 0 bridgehead atoms. The van der Waals surface area contributed by atoms with Gasteiger partial charge in [0, 0.05) is 25.1 Å². The van der Waals surface area contributed by atoms with Gasteiger partial charge in [-0.1, -0.05) is 0 Å². The third kappa shape index (κ3) is 2.85. The summed E-state index contributed by atoms with van der Waals surface area (Å²) in [6.07, 6.45) is 0.700. The van der Waals surface area contributed by atoms with E-state index in [1.807, 2.05) is 23.1 Å². The van der Waals surface area contributed by atoms with Crippen molar-refractivity contribution in [3.8, 4) is 5.75 Å². The SMILES string of the molecule is O=C(CN1CCOC(CO)C1)c1ccc2c(c1)CCO2. The summed E-state index contributed by atoms with van der Waals surface area (Å²) in [5.74, 6) is 1.01. The fourth-order valence-corrected chi connectivity index (χ4v) is 2.69. The summed E-state index contributed by atoms with van der Waals surface area (Å²) in [7, 11) is 0. The summed E-state index contributed by atoms with van der Waals surface area (Å²) in [6, 6.07) is 5.65. The first kappa shape index (κ1) is 13.5. The van der Waals surface area contributed by atoms with Crippen LogP contribution in [0.4, 0.5) is 0 Å². The lowest BCUT2D eigenvalue weighted by Gasteiger charge is -2.31. The Morgan fingerprint density at radius 3 is 3.15 bits per heavy atom. The van der Waals surface area contributed by atoms with Crippen molar-refractivity contribution in [2.24, 2.45) is 0 Å².